The average Bonchev–Trinajstić information content (AvgIpc) is 2.57. The molecule has 24 heavy (non-hydrogen) atoms. The van der Waals surface area contributed by atoms with E-state index in [0.717, 1.165) is 0 Å². The molecule has 1 amide bonds. The largest absolute Gasteiger partial charge is 0.493 e. The summed E-state index contributed by atoms with van der Waals surface area (Å²) in [7, 11) is 3.00. The van der Waals surface area contributed by atoms with Crippen molar-refractivity contribution < 1.29 is 28.9 Å². The van der Waals surface area contributed by atoms with Gasteiger partial charge >= 0.3 is 5.97 Å². The molecule has 0 heterocycles. The molecule has 0 aliphatic heterocycles. The van der Waals surface area contributed by atoms with Gasteiger partial charge in [-0.2, -0.15) is 0 Å². The van der Waals surface area contributed by atoms with E-state index in [1.54, 1.807) is 32.0 Å². The van der Waals surface area contributed by atoms with Crippen molar-refractivity contribution >= 4 is 11.9 Å². The Balaban J connectivity index is 2.92. The summed E-state index contributed by atoms with van der Waals surface area (Å²) in [6, 6.07) is 4.82. The van der Waals surface area contributed by atoms with Gasteiger partial charge < -0.3 is 24.2 Å². The second-order valence-electron chi connectivity index (χ2n) is 5.22. The van der Waals surface area contributed by atoms with Crippen molar-refractivity contribution in [1.82, 2.24) is 4.90 Å². The second-order valence-corrected chi connectivity index (χ2v) is 5.22. The van der Waals surface area contributed by atoms with Gasteiger partial charge in [-0.15, -0.1) is 0 Å². The van der Waals surface area contributed by atoms with Crippen LogP contribution in [0.4, 0.5) is 0 Å². The molecule has 1 atom stereocenters. The van der Waals surface area contributed by atoms with Crippen molar-refractivity contribution in [2.24, 2.45) is 0 Å². The average molecular weight is 339 g/mol. The third kappa shape index (κ3) is 5.73. The van der Waals surface area contributed by atoms with Gasteiger partial charge in [0.15, 0.2) is 11.5 Å². The van der Waals surface area contributed by atoms with E-state index < -0.39 is 6.10 Å². The highest BCUT2D eigenvalue weighted by Crippen LogP contribution is 2.28. The number of carbonyl (C=O) groups excluding carboxylic acids is 2. The lowest BCUT2D eigenvalue weighted by atomic mass is 10.1. The SMILES string of the molecule is CCOC(=O)CCN(CC(C)O)C(=O)c1ccc(OC)c(OC)c1. The van der Waals surface area contributed by atoms with Crippen LogP contribution < -0.4 is 9.47 Å². The first-order valence-corrected chi connectivity index (χ1v) is 7.77. The molecule has 0 aliphatic rings. The first-order valence-electron chi connectivity index (χ1n) is 7.77. The zero-order valence-electron chi connectivity index (χ0n) is 14.6. The summed E-state index contributed by atoms with van der Waals surface area (Å²) in [4.78, 5) is 25.6. The molecule has 0 fully saturated rings. The van der Waals surface area contributed by atoms with Crippen molar-refractivity contribution in [2.75, 3.05) is 33.9 Å². The summed E-state index contributed by atoms with van der Waals surface area (Å²) in [6.45, 7) is 3.88. The second kappa shape index (κ2) is 9.77. The highest BCUT2D eigenvalue weighted by atomic mass is 16.5. The fraction of sp³-hybridized carbons (Fsp3) is 0.529. The summed E-state index contributed by atoms with van der Waals surface area (Å²) in [6.07, 6.45) is -0.643. The smallest absolute Gasteiger partial charge is 0.307 e. The zero-order chi connectivity index (χ0) is 18.1. The number of aliphatic hydroxyl groups is 1. The molecule has 7 heteroatoms. The van der Waals surface area contributed by atoms with Gasteiger partial charge in [0.25, 0.3) is 5.91 Å². The molecule has 1 aromatic carbocycles. The van der Waals surface area contributed by atoms with Gasteiger partial charge in [0, 0.05) is 18.7 Å². The minimum Gasteiger partial charge on any atom is -0.493 e. The van der Waals surface area contributed by atoms with Crippen LogP contribution in [0.3, 0.4) is 0 Å². The van der Waals surface area contributed by atoms with Crippen LogP contribution in [-0.4, -0.2) is 61.9 Å². The number of hydrogen-bond acceptors (Lipinski definition) is 6. The molecule has 7 nitrogen and oxygen atoms in total. The number of benzene rings is 1. The Bertz CT molecular complexity index is 558. The molecule has 134 valence electrons. The van der Waals surface area contributed by atoms with E-state index in [0.29, 0.717) is 23.7 Å². The summed E-state index contributed by atoms with van der Waals surface area (Å²) in [5.41, 5.74) is 0.386. The molecule has 1 rings (SSSR count). The van der Waals surface area contributed by atoms with Gasteiger partial charge in [-0.05, 0) is 32.0 Å². The Kier molecular flexibility index (Phi) is 8.05. The fourth-order valence-electron chi connectivity index (χ4n) is 2.21. The minimum absolute atomic E-state index is 0.0690. The predicted octanol–water partition coefficient (Wildman–Crippen LogP) is 1.48. The number of methoxy groups -OCH3 is 2. The standard InChI is InChI=1S/C17H25NO6/c1-5-24-16(20)8-9-18(11-12(2)19)17(21)13-6-7-14(22-3)15(10-13)23-4/h6-7,10,12,19H,5,8-9,11H2,1-4H3. The molecule has 0 spiro atoms. The third-order valence-corrected chi connectivity index (χ3v) is 3.29. The number of ether oxygens (including phenoxy) is 3. The maximum atomic E-state index is 12.7. The van der Waals surface area contributed by atoms with E-state index >= 15 is 0 Å². The number of hydrogen-bond donors (Lipinski definition) is 1. The van der Waals surface area contributed by atoms with Gasteiger partial charge in [-0.1, -0.05) is 0 Å². The molecule has 0 aromatic heterocycles. The summed E-state index contributed by atoms with van der Waals surface area (Å²) < 4.78 is 15.2. The summed E-state index contributed by atoms with van der Waals surface area (Å²) in [5.74, 6) is 0.266. The van der Waals surface area contributed by atoms with Crippen molar-refractivity contribution in [1.29, 1.82) is 0 Å². The molecular formula is C17H25NO6. The fourth-order valence-corrected chi connectivity index (χ4v) is 2.21. The van der Waals surface area contributed by atoms with Gasteiger partial charge in [0.2, 0.25) is 0 Å². The maximum absolute atomic E-state index is 12.7. The molecule has 0 aliphatic carbocycles. The van der Waals surface area contributed by atoms with Crippen LogP contribution in [0, 0.1) is 0 Å². The normalized spacial score (nSPS) is 11.5. The highest BCUT2D eigenvalue weighted by Gasteiger charge is 2.20. The monoisotopic (exact) mass is 339 g/mol. The number of nitrogens with zero attached hydrogens (tertiary/aromatic N) is 1. The van der Waals surface area contributed by atoms with Gasteiger partial charge in [0.05, 0.1) is 33.4 Å². The summed E-state index contributed by atoms with van der Waals surface area (Å²) >= 11 is 0. The Hall–Kier alpha value is -2.28. The lowest BCUT2D eigenvalue weighted by Gasteiger charge is -2.24. The van der Waals surface area contributed by atoms with Gasteiger partial charge in [0.1, 0.15) is 0 Å². The van der Waals surface area contributed by atoms with Crippen molar-refractivity contribution in [2.45, 2.75) is 26.4 Å². The molecular weight excluding hydrogens is 314 g/mol. The van der Waals surface area contributed by atoms with E-state index in [9.17, 15) is 14.7 Å². The molecule has 1 aromatic rings. The topological polar surface area (TPSA) is 85.3 Å². The van der Waals surface area contributed by atoms with Crippen molar-refractivity contribution in [3.63, 3.8) is 0 Å². The minimum atomic E-state index is -0.712. The van der Waals surface area contributed by atoms with Crippen LogP contribution in [0.1, 0.15) is 30.6 Å². The number of rotatable bonds is 9. The Morgan fingerprint density at radius 3 is 2.42 bits per heavy atom. The van der Waals surface area contributed by atoms with E-state index in [2.05, 4.69) is 0 Å². The van der Waals surface area contributed by atoms with Crippen molar-refractivity contribution in [3.05, 3.63) is 23.8 Å². The number of carbonyl (C=O) groups is 2. The first-order chi connectivity index (χ1) is 11.4. The molecule has 0 saturated heterocycles. The predicted molar refractivity (Wildman–Crippen MR) is 88.4 cm³/mol. The third-order valence-electron chi connectivity index (χ3n) is 3.29. The maximum Gasteiger partial charge on any atom is 0.307 e. The van der Waals surface area contributed by atoms with E-state index in [1.807, 2.05) is 0 Å². The quantitative estimate of drug-likeness (QED) is 0.686. The Labute approximate surface area is 142 Å². The van der Waals surface area contributed by atoms with Crippen LogP contribution in [-0.2, 0) is 9.53 Å². The van der Waals surface area contributed by atoms with Crippen LogP contribution in [0.5, 0.6) is 11.5 Å². The van der Waals surface area contributed by atoms with E-state index in [4.69, 9.17) is 14.2 Å². The molecule has 0 saturated carbocycles. The van der Waals surface area contributed by atoms with Gasteiger partial charge in [-0.25, -0.2) is 0 Å². The highest BCUT2D eigenvalue weighted by molar-refractivity contribution is 5.95. The van der Waals surface area contributed by atoms with Crippen LogP contribution in [0.25, 0.3) is 0 Å². The lowest BCUT2D eigenvalue weighted by molar-refractivity contribution is -0.143. The van der Waals surface area contributed by atoms with Crippen LogP contribution in [0.2, 0.25) is 0 Å². The molecule has 0 bridgehead atoms. The van der Waals surface area contributed by atoms with Gasteiger partial charge in [-0.3, -0.25) is 9.59 Å². The number of esters is 1. The number of amides is 1. The zero-order valence-corrected chi connectivity index (χ0v) is 14.6. The van der Waals surface area contributed by atoms with Crippen LogP contribution >= 0.6 is 0 Å². The molecule has 0 radical (unpaired) electrons. The van der Waals surface area contributed by atoms with E-state index in [1.165, 1.54) is 19.1 Å². The molecule has 1 N–H and O–H groups in total. The first kappa shape index (κ1) is 19.8. The summed E-state index contributed by atoms with van der Waals surface area (Å²) in [5, 5.41) is 9.62. The number of aliphatic hydroxyl groups excluding tert-OH is 1. The van der Waals surface area contributed by atoms with E-state index in [-0.39, 0.29) is 31.4 Å². The Morgan fingerprint density at radius 2 is 1.88 bits per heavy atom. The lowest BCUT2D eigenvalue weighted by Crippen LogP contribution is -2.38. The van der Waals surface area contributed by atoms with Crippen molar-refractivity contribution in [3.8, 4) is 11.5 Å². The Morgan fingerprint density at radius 1 is 1.21 bits per heavy atom. The molecule has 1 unspecified atom stereocenters. The van der Waals surface area contributed by atoms with Crippen LogP contribution in [0.15, 0.2) is 18.2 Å².